The van der Waals surface area contributed by atoms with E-state index < -0.39 is 0 Å². The molecule has 2 aromatic rings. The van der Waals surface area contributed by atoms with Crippen LogP contribution in [0.5, 0.6) is 11.5 Å². The van der Waals surface area contributed by atoms with Gasteiger partial charge in [-0.05, 0) is 46.1 Å². The predicted molar refractivity (Wildman–Crippen MR) is 85.2 cm³/mol. The minimum absolute atomic E-state index is 0.468. The summed E-state index contributed by atoms with van der Waals surface area (Å²) in [4.78, 5) is 4.11. The molecule has 106 valence electrons. The van der Waals surface area contributed by atoms with E-state index in [1.54, 1.807) is 12.4 Å². The quantitative estimate of drug-likeness (QED) is 0.877. The van der Waals surface area contributed by atoms with Crippen LogP contribution in [-0.4, -0.2) is 11.0 Å². The predicted octanol–water partition coefficient (Wildman–Crippen LogP) is 4.44. The number of aromatic nitrogens is 1. The molecule has 0 aliphatic carbocycles. The molecular weight excluding hydrogens is 316 g/mol. The zero-order valence-electron chi connectivity index (χ0n) is 12.0. The van der Waals surface area contributed by atoms with Crippen molar-refractivity contribution < 1.29 is 4.74 Å². The molecule has 0 aliphatic rings. The smallest absolute Gasteiger partial charge is 0.146 e. The number of rotatable bonds is 5. The number of ether oxygens (including phenoxy) is 1. The second-order valence-electron chi connectivity index (χ2n) is 5.08. The lowest BCUT2D eigenvalue weighted by Gasteiger charge is -2.12. The van der Waals surface area contributed by atoms with Crippen molar-refractivity contribution in [1.29, 1.82) is 0 Å². The van der Waals surface area contributed by atoms with Gasteiger partial charge in [0.15, 0.2) is 0 Å². The number of nitrogens with one attached hydrogen (secondary N) is 1. The largest absolute Gasteiger partial charge is 0.455 e. The Morgan fingerprint density at radius 2 is 2.05 bits per heavy atom. The molecule has 1 aromatic carbocycles. The maximum Gasteiger partial charge on any atom is 0.146 e. The number of hydrogen-bond acceptors (Lipinski definition) is 3. The van der Waals surface area contributed by atoms with Crippen LogP contribution < -0.4 is 10.1 Å². The highest BCUT2D eigenvalue weighted by molar-refractivity contribution is 9.10. The summed E-state index contributed by atoms with van der Waals surface area (Å²) in [5, 5.41) is 3.41. The summed E-state index contributed by atoms with van der Waals surface area (Å²) < 4.78 is 6.82. The van der Waals surface area contributed by atoms with E-state index in [0.717, 1.165) is 28.1 Å². The first-order valence-electron chi connectivity index (χ1n) is 6.66. The van der Waals surface area contributed by atoms with Gasteiger partial charge >= 0.3 is 0 Å². The monoisotopic (exact) mass is 334 g/mol. The molecule has 0 atom stereocenters. The Labute approximate surface area is 128 Å². The van der Waals surface area contributed by atoms with E-state index in [9.17, 15) is 0 Å². The molecule has 1 heterocycles. The van der Waals surface area contributed by atoms with Crippen molar-refractivity contribution in [1.82, 2.24) is 10.3 Å². The van der Waals surface area contributed by atoms with Crippen molar-refractivity contribution in [2.45, 2.75) is 33.4 Å². The van der Waals surface area contributed by atoms with Crippen molar-refractivity contribution in [2.24, 2.45) is 0 Å². The van der Waals surface area contributed by atoms with Gasteiger partial charge in [-0.2, -0.15) is 0 Å². The average Bonchev–Trinajstić information content (AvgIpc) is 2.39. The van der Waals surface area contributed by atoms with Crippen LogP contribution in [0.25, 0.3) is 0 Å². The van der Waals surface area contributed by atoms with Gasteiger partial charge in [0, 0.05) is 23.3 Å². The molecule has 0 amide bonds. The van der Waals surface area contributed by atoms with Crippen LogP contribution in [0, 0.1) is 6.92 Å². The molecule has 2 rings (SSSR count). The standard InChI is InChI=1S/C16H19BrN2O/c1-11(2)19-8-13-5-4-12(3)16(6-13)20-15-7-14(17)9-18-10-15/h4-7,9-11,19H,8H2,1-3H3. The zero-order chi connectivity index (χ0) is 14.5. The summed E-state index contributed by atoms with van der Waals surface area (Å²) in [6.45, 7) is 7.16. The van der Waals surface area contributed by atoms with Gasteiger partial charge in [-0.15, -0.1) is 0 Å². The van der Waals surface area contributed by atoms with Crippen LogP contribution in [0.3, 0.4) is 0 Å². The lowest BCUT2D eigenvalue weighted by Crippen LogP contribution is -2.21. The molecule has 0 saturated heterocycles. The first kappa shape index (κ1) is 15.0. The van der Waals surface area contributed by atoms with Gasteiger partial charge in [-0.25, -0.2) is 0 Å². The molecule has 0 aliphatic heterocycles. The molecule has 3 nitrogen and oxygen atoms in total. The molecule has 1 aromatic heterocycles. The minimum atomic E-state index is 0.468. The average molecular weight is 335 g/mol. The third kappa shape index (κ3) is 4.32. The fraction of sp³-hybridized carbons (Fsp3) is 0.312. The van der Waals surface area contributed by atoms with E-state index >= 15 is 0 Å². The highest BCUT2D eigenvalue weighted by atomic mass is 79.9. The van der Waals surface area contributed by atoms with Crippen LogP contribution in [0.1, 0.15) is 25.0 Å². The van der Waals surface area contributed by atoms with Gasteiger partial charge in [0.25, 0.3) is 0 Å². The van der Waals surface area contributed by atoms with Gasteiger partial charge < -0.3 is 10.1 Å². The number of hydrogen-bond donors (Lipinski definition) is 1. The molecule has 0 radical (unpaired) electrons. The summed E-state index contributed by atoms with van der Waals surface area (Å²) in [7, 11) is 0. The zero-order valence-corrected chi connectivity index (χ0v) is 13.6. The number of benzene rings is 1. The maximum atomic E-state index is 5.92. The van der Waals surface area contributed by atoms with E-state index in [1.807, 2.05) is 13.0 Å². The highest BCUT2D eigenvalue weighted by Crippen LogP contribution is 2.27. The Kier molecular flexibility index (Phi) is 5.15. The van der Waals surface area contributed by atoms with Gasteiger partial charge in [0.1, 0.15) is 11.5 Å². The highest BCUT2D eigenvalue weighted by Gasteiger charge is 2.05. The van der Waals surface area contributed by atoms with Crippen molar-refractivity contribution >= 4 is 15.9 Å². The summed E-state index contributed by atoms with van der Waals surface area (Å²) in [5.41, 5.74) is 2.32. The topological polar surface area (TPSA) is 34.1 Å². The van der Waals surface area contributed by atoms with E-state index in [1.165, 1.54) is 5.56 Å². The van der Waals surface area contributed by atoms with Gasteiger partial charge in [-0.1, -0.05) is 26.0 Å². The lowest BCUT2D eigenvalue weighted by molar-refractivity contribution is 0.474. The second-order valence-corrected chi connectivity index (χ2v) is 5.99. The van der Waals surface area contributed by atoms with Gasteiger partial charge in [0.05, 0.1) is 6.20 Å². The van der Waals surface area contributed by atoms with Crippen LogP contribution >= 0.6 is 15.9 Å². The Balaban J connectivity index is 2.16. The van der Waals surface area contributed by atoms with E-state index in [2.05, 4.69) is 58.3 Å². The molecule has 20 heavy (non-hydrogen) atoms. The van der Waals surface area contributed by atoms with E-state index in [0.29, 0.717) is 6.04 Å². The molecular formula is C16H19BrN2O. The summed E-state index contributed by atoms with van der Waals surface area (Å²) in [6.07, 6.45) is 3.45. The molecule has 1 N–H and O–H groups in total. The number of aryl methyl sites for hydroxylation is 1. The minimum Gasteiger partial charge on any atom is -0.455 e. The first-order valence-corrected chi connectivity index (χ1v) is 7.45. The SMILES string of the molecule is Cc1ccc(CNC(C)C)cc1Oc1cncc(Br)c1. The Morgan fingerprint density at radius 3 is 2.75 bits per heavy atom. The van der Waals surface area contributed by atoms with Crippen molar-refractivity contribution in [3.63, 3.8) is 0 Å². The van der Waals surface area contributed by atoms with Crippen molar-refractivity contribution in [2.75, 3.05) is 0 Å². The van der Waals surface area contributed by atoms with Crippen LogP contribution in [0.2, 0.25) is 0 Å². The van der Waals surface area contributed by atoms with Crippen LogP contribution in [-0.2, 0) is 6.54 Å². The molecule has 0 spiro atoms. The van der Waals surface area contributed by atoms with Crippen molar-refractivity contribution in [3.05, 3.63) is 52.3 Å². The molecule has 0 fully saturated rings. The lowest BCUT2D eigenvalue weighted by atomic mass is 10.1. The molecule has 0 saturated carbocycles. The number of nitrogens with zero attached hydrogens (tertiary/aromatic N) is 1. The fourth-order valence-corrected chi connectivity index (χ4v) is 2.11. The number of pyridine rings is 1. The summed E-state index contributed by atoms with van der Waals surface area (Å²) in [5.74, 6) is 1.60. The van der Waals surface area contributed by atoms with Crippen molar-refractivity contribution in [3.8, 4) is 11.5 Å². The molecule has 0 unspecified atom stereocenters. The van der Waals surface area contributed by atoms with E-state index in [4.69, 9.17) is 4.74 Å². The normalized spacial score (nSPS) is 10.8. The maximum absolute atomic E-state index is 5.92. The third-order valence-electron chi connectivity index (χ3n) is 2.87. The first-order chi connectivity index (χ1) is 9.54. The summed E-state index contributed by atoms with van der Waals surface area (Å²) >= 11 is 3.40. The Morgan fingerprint density at radius 1 is 1.25 bits per heavy atom. The van der Waals surface area contributed by atoms with E-state index in [-0.39, 0.29) is 0 Å². The van der Waals surface area contributed by atoms with Crippen LogP contribution in [0.4, 0.5) is 0 Å². The summed E-state index contributed by atoms with van der Waals surface area (Å²) in [6, 6.07) is 8.65. The second kappa shape index (κ2) is 6.86. The fourth-order valence-electron chi connectivity index (χ4n) is 1.76. The van der Waals surface area contributed by atoms with Gasteiger partial charge in [0.2, 0.25) is 0 Å². The Hall–Kier alpha value is -1.39. The molecule has 0 bridgehead atoms. The molecule has 4 heteroatoms. The van der Waals surface area contributed by atoms with Crippen LogP contribution in [0.15, 0.2) is 41.1 Å². The number of halogens is 1. The Bertz CT molecular complexity index is 584. The third-order valence-corrected chi connectivity index (χ3v) is 3.31. The van der Waals surface area contributed by atoms with Gasteiger partial charge in [-0.3, -0.25) is 4.98 Å².